The molecule has 1 aliphatic heterocycles. The lowest BCUT2D eigenvalue weighted by atomic mass is 10.2. The van der Waals surface area contributed by atoms with E-state index < -0.39 is 4.92 Å². The summed E-state index contributed by atoms with van der Waals surface area (Å²) in [5, 5.41) is 14.0. The van der Waals surface area contributed by atoms with Crippen LogP contribution in [0.25, 0.3) is 0 Å². The van der Waals surface area contributed by atoms with Gasteiger partial charge >= 0.3 is 5.69 Å². The molecule has 2 rings (SSSR count). The summed E-state index contributed by atoms with van der Waals surface area (Å²) < 4.78 is 5.64. The van der Waals surface area contributed by atoms with Gasteiger partial charge in [-0.05, 0) is 19.9 Å². The van der Waals surface area contributed by atoms with E-state index in [0.29, 0.717) is 24.7 Å². The van der Waals surface area contributed by atoms with E-state index in [4.69, 9.17) is 4.74 Å². The number of hydrogen-bond acceptors (Lipinski definition) is 6. The summed E-state index contributed by atoms with van der Waals surface area (Å²) in [6.45, 7) is 5.11. The molecule has 0 aromatic carbocycles. The van der Waals surface area contributed by atoms with Crippen molar-refractivity contribution in [2.75, 3.05) is 30.4 Å². The van der Waals surface area contributed by atoms with E-state index in [1.165, 1.54) is 6.07 Å². The first kappa shape index (κ1) is 13.5. The van der Waals surface area contributed by atoms with Crippen LogP contribution < -0.4 is 10.2 Å². The van der Waals surface area contributed by atoms with Crippen LogP contribution in [0.15, 0.2) is 12.1 Å². The van der Waals surface area contributed by atoms with Gasteiger partial charge in [0.2, 0.25) is 5.82 Å². The Bertz CT molecular complexity index is 470. The van der Waals surface area contributed by atoms with Crippen molar-refractivity contribution >= 4 is 17.3 Å². The van der Waals surface area contributed by atoms with Gasteiger partial charge in [-0.25, -0.2) is 4.98 Å². The fraction of sp³-hybridized carbons (Fsp3) is 0.583. The first-order valence-corrected chi connectivity index (χ1v) is 6.25. The molecule has 19 heavy (non-hydrogen) atoms. The van der Waals surface area contributed by atoms with Gasteiger partial charge in [-0.15, -0.1) is 0 Å². The van der Waals surface area contributed by atoms with Gasteiger partial charge in [0.1, 0.15) is 5.82 Å². The van der Waals surface area contributed by atoms with E-state index in [2.05, 4.69) is 10.3 Å². The Kier molecular flexibility index (Phi) is 3.84. The molecule has 2 heterocycles. The first-order valence-electron chi connectivity index (χ1n) is 6.25. The second-order valence-electron chi connectivity index (χ2n) is 4.71. The molecule has 1 saturated heterocycles. The van der Waals surface area contributed by atoms with Gasteiger partial charge in [-0.3, -0.25) is 10.1 Å². The lowest BCUT2D eigenvalue weighted by Crippen LogP contribution is -2.46. The standard InChI is InChI=1S/C12H18N4O3/c1-8-6-15(7-9(2)19-8)12-10(16(17)18)4-5-11(13-3)14-12/h4-5,8-9H,6-7H2,1-3H3,(H,13,14)/t8-,9+. The predicted octanol–water partition coefficient (Wildman–Crippen LogP) is 1.65. The maximum absolute atomic E-state index is 11.1. The number of ether oxygens (including phenoxy) is 1. The summed E-state index contributed by atoms with van der Waals surface area (Å²) in [6, 6.07) is 3.09. The molecule has 7 heteroatoms. The number of nitrogens with one attached hydrogen (secondary N) is 1. The van der Waals surface area contributed by atoms with E-state index in [-0.39, 0.29) is 17.9 Å². The second-order valence-corrected chi connectivity index (χ2v) is 4.71. The van der Waals surface area contributed by atoms with Crippen LogP contribution in [-0.4, -0.2) is 42.3 Å². The first-order chi connectivity index (χ1) is 9.01. The Hall–Kier alpha value is -1.89. The normalized spacial score (nSPS) is 23.2. The summed E-state index contributed by atoms with van der Waals surface area (Å²) in [7, 11) is 1.74. The third-order valence-electron chi connectivity index (χ3n) is 3.03. The van der Waals surface area contributed by atoms with Crippen molar-refractivity contribution in [3.8, 4) is 0 Å². The number of morpholine rings is 1. The average molecular weight is 266 g/mol. The van der Waals surface area contributed by atoms with Gasteiger partial charge in [0, 0.05) is 26.2 Å². The second kappa shape index (κ2) is 5.40. The van der Waals surface area contributed by atoms with Crippen LogP contribution in [0, 0.1) is 10.1 Å². The Morgan fingerprint density at radius 2 is 2.05 bits per heavy atom. The van der Waals surface area contributed by atoms with Crippen LogP contribution in [0.2, 0.25) is 0 Å². The average Bonchev–Trinajstić information content (AvgIpc) is 2.36. The van der Waals surface area contributed by atoms with Gasteiger partial charge < -0.3 is 15.0 Å². The lowest BCUT2D eigenvalue weighted by molar-refractivity contribution is -0.384. The third kappa shape index (κ3) is 2.93. The van der Waals surface area contributed by atoms with Crippen molar-refractivity contribution in [3.63, 3.8) is 0 Å². The minimum atomic E-state index is -0.396. The predicted molar refractivity (Wildman–Crippen MR) is 72.7 cm³/mol. The van der Waals surface area contributed by atoms with Crippen LogP contribution in [0.3, 0.4) is 0 Å². The monoisotopic (exact) mass is 266 g/mol. The molecule has 0 bridgehead atoms. The highest BCUT2D eigenvalue weighted by molar-refractivity contribution is 5.62. The number of anilines is 2. The van der Waals surface area contributed by atoms with Crippen LogP contribution in [0.4, 0.5) is 17.3 Å². The topological polar surface area (TPSA) is 80.5 Å². The Morgan fingerprint density at radius 1 is 1.42 bits per heavy atom. The van der Waals surface area contributed by atoms with Crippen molar-refractivity contribution < 1.29 is 9.66 Å². The lowest BCUT2D eigenvalue weighted by Gasteiger charge is -2.35. The van der Waals surface area contributed by atoms with Crippen molar-refractivity contribution in [1.82, 2.24) is 4.98 Å². The molecule has 7 nitrogen and oxygen atoms in total. The largest absolute Gasteiger partial charge is 0.373 e. The zero-order chi connectivity index (χ0) is 14.0. The molecule has 1 aromatic heterocycles. The molecule has 1 N–H and O–H groups in total. The molecule has 2 atom stereocenters. The highest BCUT2D eigenvalue weighted by atomic mass is 16.6. The molecule has 0 radical (unpaired) electrons. The Morgan fingerprint density at radius 3 is 2.58 bits per heavy atom. The summed E-state index contributed by atoms with van der Waals surface area (Å²) in [5.74, 6) is 1.02. The quantitative estimate of drug-likeness (QED) is 0.661. The number of nitro groups is 1. The minimum Gasteiger partial charge on any atom is -0.373 e. The summed E-state index contributed by atoms with van der Waals surface area (Å²) >= 11 is 0. The third-order valence-corrected chi connectivity index (χ3v) is 3.03. The molecule has 0 amide bonds. The minimum absolute atomic E-state index is 0.0281. The van der Waals surface area contributed by atoms with Crippen LogP contribution in [-0.2, 0) is 4.74 Å². The summed E-state index contributed by atoms with van der Waals surface area (Å²) in [5.41, 5.74) is 0.0281. The molecule has 104 valence electrons. The molecular formula is C12H18N4O3. The van der Waals surface area contributed by atoms with Crippen LogP contribution in [0.1, 0.15) is 13.8 Å². The summed E-state index contributed by atoms with van der Waals surface area (Å²) in [6.07, 6.45) is 0.0618. The van der Waals surface area contributed by atoms with E-state index >= 15 is 0 Å². The van der Waals surface area contributed by atoms with Crippen molar-refractivity contribution in [2.45, 2.75) is 26.1 Å². The molecule has 0 spiro atoms. The van der Waals surface area contributed by atoms with Gasteiger partial charge in [0.05, 0.1) is 17.1 Å². The van der Waals surface area contributed by atoms with E-state index in [0.717, 1.165) is 0 Å². The van der Waals surface area contributed by atoms with Gasteiger partial charge in [-0.1, -0.05) is 0 Å². The van der Waals surface area contributed by atoms with E-state index in [1.54, 1.807) is 13.1 Å². The molecule has 1 fully saturated rings. The summed E-state index contributed by atoms with van der Waals surface area (Å²) in [4.78, 5) is 17.0. The number of aromatic nitrogens is 1. The fourth-order valence-corrected chi connectivity index (χ4v) is 2.31. The highest BCUT2D eigenvalue weighted by Crippen LogP contribution is 2.29. The van der Waals surface area contributed by atoms with Crippen molar-refractivity contribution in [2.24, 2.45) is 0 Å². The number of hydrogen-bond donors (Lipinski definition) is 1. The highest BCUT2D eigenvalue weighted by Gasteiger charge is 2.28. The molecule has 0 saturated carbocycles. The van der Waals surface area contributed by atoms with Crippen molar-refractivity contribution in [1.29, 1.82) is 0 Å². The molecular weight excluding hydrogens is 248 g/mol. The number of pyridine rings is 1. The zero-order valence-electron chi connectivity index (χ0n) is 11.3. The maximum Gasteiger partial charge on any atom is 0.311 e. The van der Waals surface area contributed by atoms with E-state index in [1.807, 2.05) is 18.7 Å². The van der Waals surface area contributed by atoms with Crippen molar-refractivity contribution in [3.05, 3.63) is 22.2 Å². The van der Waals surface area contributed by atoms with Gasteiger partial charge in [-0.2, -0.15) is 0 Å². The molecule has 1 aromatic rings. The smallest absolute Gasteiger partial charge is 0.311 e. The molecule has 1 aliphatic rings. The Balaban J connectivity index is 2.38. The Labute approximate surface area is 111 Å². The fourth-order valence-electron chi connectivity index (χ4n) is 2.31. The van der Waals surface area contributed by atoms with E-state index in [9.17, 15) is 10.1 Å². The zero-order valence-corrected chi connectivity index (χ0v) is 11.3. The maximum atomic E-state index is 11.1. The SMILES string of the molecule is CNc1ccc([N+](=O)[O-])c(N2C[C@@H](C)O[C@@H](C)C2)n1. The number of nitrogens with zero attached hydrogens (tertiary/aromatic N) is 3. The molecule has 0 aliphatic carbocycles. The molecule has 0 unspecified atom stereocenters. The number of rotatable bonds is 3. The van der Waals surface area contributed by atoms with Gasteiger partial charge in [0.15, 0.2) is 0 Å². The van der Waals surface area contributed by atoms with Crippen LogP contribution in [0.5, 0.6) is 0 Å². The van der Waals surface area contributed by atoms with Gasteiger partial charge in [0.25, 0.3) is 0 Å². The van der Waals surface area contributed by atoms with Crippen LogP contribution >= 0.6 is 0 Å².